The molecule has 0 saturated heterocycles. The molecule has 0 bridgehead atoms. The highest BCUT2D eigenvalue weighted by Crippen LogP contribution is 2.19. The van der Waals surface area contributed by atoms with Crippen LogP contribution in [0.25, 0.3) is 10.9 Å². The van der Waals surface area contributed by atoms with Crippen LogP contribution in [0.4, 0.5) is 0 Å². The van der Waals surface area contributed by atoms with Crippen LogP contribution in [0.15, 0.2) is 64.2 Å². The predicted molar refractivity (Wildman–Crippen MR) is 115 cm³/mol. The lowest BCUT2D eigenvalue weighted by Crippen LogP contribution is -2.45. The second kappa shape index (κ2) is 8.90. The summed E-state index contributed by atoms with van der Waals surface area (Å²) in [7, 11) is 0. The Morgan fingerprint density at radius 3 is 2.31 bits per heavy atom. The Labute approximate surface area is 169 Å². The van der Waals surface area contributed by atoms with Crippen LogP contribution >= 0.6 is 0 Å². The summed E-state index contributed by atoms with van der Waals surface area (Å²) in [6.07, 6.45) is 1.09. The van der Waals surface area contributed by atoms with Crippen molar-refractivity contribution in [2.24, 2.45) is 0 Å². The highest BCUT2D eigenvalue weighted by Gasteiger charge is 2.25. The van der Waals surface area contributed by atoms with Gasteiger partial charge in [0.1, 0.15) is 6.04 Å². The third kappa shape index (κ3) is 4.01. The van der Waals surface area contributed by atoms with Crippen molar-refractivity contribution in [1.82, 2.24) is 14.5 Å². The van der Waals surface area contributed by atoms with Crippen molar-refractivity contribution in [3.05, 3.63) is 81.0 Å². The van der Waals surface area contributed by atoms with Crippen LogP contribution in [-0.4, -0.2) is 15.0 Å². The largest absolute Gasteiger partial charge is 0.348 e. The number of para-hydroxylation sites is 1. The minimum absolute atomic E-state index is 0.193. The van der Waals surface area contributed by atoms with Gasteiger partial charge in [-0.05, 0) is 37.5 Å². The van der Waals surface area contributed by atoms with Crippen LogP contribution in [0, 0.1) is 0 Å². The third-order valence-electron chi connectivity index (χ3n) is 5.18. The molecular weight excluding hydrogens is 366 g/mol. The summed E-state index contributed by atoms with van der Waals surface area (Å²) in [5.41, 5.74) is 0.731. The molecule has 0 aliphatic heterocycles. The van der Waals surface area contributed by atoms with Gasteiger partial charge in [-0.2, -0.15) is 0 Å². The smallest absolute Gasteiger partial charge is 0.332 e. The fraction of sp³-hybridized carbons (Fsp3) is 0.348. The average Bonchev–Trinajstić information content (AvgIpc) is 2.74. The molecule has 1 amide bonds. The first kappa shape index (κ1) is 20.6. The molecule has 0 unspecified atom stereocenters. The van der Waals surface area contributed by atoms with Gasteiger partial charge in [-0.25, -0.2) is 4.79 Å². The monoisotopic (exact) mass is 393 g/mol. The Hall–Kier alpha value is -3.15. The number of carbonyl (C=O) groups is 1. The molecule has 0 fully saturated rings. The predicted octanol–water partition coefficient (Wildman–Crippen LogP) is 3.40. The molecule has 3 rings (SSSR count). The van der Waals surface area contributed by atoms with E-state index in [2.05, 4.69) is 5.32 Å². The Morgan fingerprint density at radius 2 is 1.66 bits per heavy atom. The maximum absolute atomic E-state index is 13.2. The number of carbonyl (C=O) groups excluding carboxylic acids is 1. The number of hydrogen-bond donors (Lipinski definition) is 1. The second-order valence-corrected chi connectivity index (χ2v) is 7.19. The summed E-state index contributed by atoms with van der Waals surface area (Å²) >= 11 is 0. The maximum Gasteiger partial charge on any atom is 0.332 e. The minimum Gasteiger partial charge on any atom is -0.348 e. The first-order valence-corrected chi connectivity index (χ1v) is 10.1. The van der Waals surface area contributed by atoms with Crippen molar-refractivity contribution < 1.29 is 4.79 Å². The molecule has 0 spiro atoms. The standard InChI is InChI=1S/C23H27N3O3/c1-4-15-25-22(28)18-13-9-10-14-20(18)26(23(25)29)19(5-2)21(27)24-16(3)17-11-7-6-8-12-17/h6-14,16,19H,4-5,15H2,1-3H3,(H,24,27)/t16-,19+/m1/s1. The minimum atomic E-state index is -0.706. The number of hydrogen-bond acceptors (Lipinski definition) is 3. The molecule has 2 aromatic carbocycles. The maximum atomic E-state index is 13.2. The lowest BCUT2D eigenvalue weighted by atomic mass is 10.1. The fourth-order valence-electron chi connectivity index (χ4n) is 3.67. The van der Waals surface area contributed by atoms with Gasteiger partial charge in [-0.15, -0.1) is 0 Å². The molecule has 152 valence electrons. The number of amides is 1. The van der Waals surface area contributed by atoms with Crippen molar-refractivity contribution in [3.63, 3.8) is 0 Å². The normalized spacial score (nSPS) is 13.2. The van der Waals surface area contributed by atoms with Gasteiger partial charge in [-0.3, -0.25) is 18.7 Å². The molecule has 1 aromatic heterocycles. The molecule has 0 aliphatic carbocycles. The van der Waals surface area contributed by atoms with E-state index in [1.807, 2.05) is 51.1 Å². The van der Waals surface area contributed by atoms with Crippen LogP contribution < -0.4 is 16.6 Å². The number of rotatable bonds is 7. The van der Waals surface area contributed by atoms with Crippen molar-refractivity contribution >= 4 is 16.8 Å². The molecule has 6 nitrogen and oxygen atoms in total. The molecule has 6 heteroatoms. The van der Waals surface area contributed by atoms with Crippen LogP contribution in [0.2, 0.25) is 0 Å². The van der Waals surface area contributed by atoms with E-state index in [0.717, 1.165) is 5.56 Å². The SMILES string of the molecule is CCCn1c(=O)c2ccccc2n([C@@H](CC)C(=O)N[C@H](C)c2ccccc2)c1=O. The first-order valence-electron chi connectivity index (χ1n) is 10.1. The molecular formula is C23H27N3O3. The second-order valence-electron chi connectivity index (χ2n) is 7.19. The zero-order valence-corrected chi connectivity index (χ0v) is 17.1. The summed E-state index contributed by atoms with van der Waals surface area (Å²) in [6.45, 7) is 6.02. The third-order valence-corrected chi connectivity index (χ3v) is 5.18. The van der Waals surface area contributed by atoms with Gasteiger partial charge >= 0.3 is 5.69 Å². The molecule has 0 aliphatic rings. The molecule has 29 heavy (non-hydrogen) atoms. The van der Waals surface area contributed by atoms with E-state index in [4.69, 9.17) is 0 Å². The number of nitrogens with one attached hydrogen (secondary N) is 1. The summed E-state index contributed by atoms with van der Waals surface area (Å²) < 4.78 is 2.71. The van der Waals surface area contributed by atoms with Crippen molar-refractivity contribution in [2.75, 3.05) is 0 Å². The molecule has 0 radical (unpaired) electrons. The van der Waals surface area contributed by atoms with E-state index in [-0.39, 0.29) is 17.5 Å². The lowest BCUT2D eigenvalue weighted by Gasteiger charge is -2.23. The van der Waals surface area contributed by atoms with E-state index >= 15 is 0 Å². The van der Waals surface area contributed by atoms with Gasteiger partial charge in [0.05, 0.1) is 16.9 Å². The highest BCUT2D eigenvalue weighted by molar-refractivity contribution is 5.84. The van der Waals surface area contributed by atoms with E-state index < -0.39 is 11.7 Å². The fourth-order valence-corrected chi connectivity index (χ4v) is 3.67. The summed E-state index contributed by atoms with van der Waals surface area (Å²) in [5, 5.41) is 3.46. The Morgan fingerprint density at radius 1 is 1.00 bits per heavy atom. The number of aromatic nitrogens is 2. The van der Waals surface area contributed by atoms with Crippen LogP contribution in [0.3, 0.4) is 0 Å². The molecule has 1 N–H and O–H groups in total. The highest BCUT2D eigenvalue weighted by atomic mass is 16.2. The van der Waals surface area contributed by atoms with Gasteiger partial charge in [0, 0.05) is 6.54 Å². The Kier molecular flexibility index (Phi) is 6.32. The number of fused-ring (bicyclic) bond motifs is 1. The molecule has 1 heterocycles. The van der Waals surface area contributed by atoms with Crippen molar-refractivity contribution in [1.29, 1.82) is 0 Å². The summed E-state index contributed by atoms with van der Waals surface area (Å²) in [4.78, 5) is 39.1. The van der Waals surface area contributed by atoms with Gasteiger partial charge in [-0.1, -0.05) is 56.3 Å². The zero-order chi connectivity index (χ0) is 21.0. The quantitative estimate of drug-likeness (QED) is 0.669. The van der Waals surface area contributed by atoms with Crippen molar-refractivity contribution in [3.8, 4) is 0 Å². The van der Waals surface area contributed by atoms with E-state index in [1.54, 1.807) is 24.3 Å². The summed E-state index contributed by atoms with van der Waals surface area (Å²) in [6, 6.07) is 15.8. The number of nitrogens with zero attached hydrogens (tertiary/aromatic N) is 2. The zero-order valence-electron chi connectivity index (χ0n) is 17.1. The first-order chi connectivity index (χ1) is 14.0. The topological polar surface area (TPSA) is 73.1 Å². The lowest BCUT2D eigenvalue weighted by molar-refractivity contribution is -0.125. The Bertz CT molecular complexity index is 1120. The summed E-state index contributed by atoms with van der Waals surface area (Å²) in [5.74, 6) is -0.238. The van der Waals surface area contributed by atoms with Gasteiger partial charge in [0.25, 0.3) is 5.56 Å². The van der Waals surface area contributed by atoms with Crippen molar-refractivity contribution in [2.45, 2.75) is 52.2 Å². The van der Waals surface area contributed by atoms with Crippen LogP contribution in [0.5, 0.6) is 0 Å². The molecule has 2 atom stereocenters. The van der Waals surface area contributed by atoms with E-state index in [0.29, 0.717) is 30.3 Å². The molecule has 0 saturated carbocycles. The van der Waals surface area contributed by atoms with E-state index in [1.165, 1.54) is 9.13 Å². The van der Waals surface area contributed by atoms with E-state index in [9.17, 15) is 14.4 Å². The van der Waals surface area contributed by atoms with Gasteiger partial charge in [0.15, 0.2) is 0 Å². The van der Waals surface area contributed by atoms with Gasteiger partial charge in [0.2, 0.25) is 5.91 Å². The van der Waals surface area contributed by atoms with Crippen LogP contribution in [0.1, 0.15) is 51.3 Å². The van der Waals surface area contributed by atoms with Gasteiger partial charge < -0.3 is 5.32 Å². The molecule has 3 aromatic rings. The van der Waals surface area contributed by atoms with Crippen LogP contribution in [-0.2, 0) is 11.3 Å². The average molecular weight is 393 g/mol. The number of benzene rings is 2. The Balaban J connectivity index is 2.08.